The Kier molecular flexibility index (Phi) is 5.86. The first-order valence-electron chi connectivity index (χ1n) is 10.2. The van der Waals surface area contributed by atoms with Crippen molar-refractivity contribution in [1.29, 1.82) is 0 Å². The number of aryl methyl sites for hydroxylation is 3. The molecule has 0 atom stereocenters. The van der Waals surface area contributed by atoms with Gasteiger partial charge in [-0.1, -0.05) is 23.8 Å². The van der Waals surface area contributed by atoms with Crippen LogP contribution in [0, 0.1) is 6.92 Å². The zero-order chi connectivity index (χ0) is 23.8. The van der Waals surface area contributed by atoms with Crippen LogP contribution in [0.5, 0.6) is 11.5 Å². The SMILES string of the molecule is COc1ccc(CCn2c(N)c(S(=O)(=O)c3ccc(C)cc3)c3cn[nH]c(=O)c32)cc1OC. The topological polar surface area (TPSA) is 129 Å². The minimum Gasteiger partial charge on any atom is -0.493 e. The molecule has 2 aromatic heterocycles. The van der Waals surface area contributed by atoms with Crippen LogP contribution in [-0.4, -0.2) is 37.4 Å². The second-order valence-corrected chi connectivity index (χ2v) is 9.47. The quantitative estimate of drug-likeness (QED) is 0.427. The maximum Gasteiger partial charge on any atom is 0.288 e. The van der Waals surface area contributed by atoms with Crippen molar-refractivity contribution in [3.8, 4) is 11.5 Å². The van der Waals surface area contributed by atoms with Crippen LogP contribution >= 0.6 is 0 Å². The molecule has 172 valence electrons. The summed E-state index contributed by atoms with van der Waals surface area (Å²) in [4.78, 5) is 12.6. The number of nitrogen functional groups attached to an aromatic ring is 1. The molecular formula is C23H24N4O5S. The molecule has 4 aromatic rings. The molecule has 0 saturated carbocycles. The number of nitrogens with zero attached hydrogens (tertiary/aromatic N) is 2. The van der Waals surface area contributed by atoms with Crippen LogP contribution in [0.25, 0.3) is 10.9 Å². The standard InChI is InChI=1S/C23H24N4O5S/c1-14-4-7-16(8-5-14)33(29,30)21-17-13-25-26-23(28)20(17)27(22(21)24)11-10-15-6-9-18(31-2)19(12-15)32-3/h4-9,12-13H,10-11,24H2,1-3H3,(H,26,28). The fraction of sp³-hybridized carbons (Fsp3) is 0.217. The summed E-state index contributed by atoms with van der Waals surface area (Å²) in [7, 11) is -0.881. The summed E-state index contributed by atoms with van der Waals surface area (Å²) < 4.78 is 39.1. The molecule has 0 unspecified atom stereocenters. The summed E-state index contributed by atoms with van der Waals surface area (Å²) in [5.74, 6) is 1.16. The molecule has 0 spiro atoms. The molecule has 0 amide bonds. The van der Waals surface area contributed by atoms with Gasteiger partial charge < -0.3 is 19.8 Å². The summed E-state index contributed by atoms with van der Waals surface area (Å²) in [5, 5.41) is 6.36. The number of sulfone groups is 1. The van der Waals surface area contributed by atoms with E-state index in [-0.39, 0.29) is 33.1 Å². The highest BCUT2D eigenvalue weighted by Gasteiger charge is 2.29. The lowest BCUT2D eigenvalue weighted by atomic mass is 10.1. The lowest BCUT2D eigenvalue weighted by molar-refractivity contribution is 0.354. The van der Waals surface area contributed by atoms with E-state index in [1.54, 1.807) is 32.4 Å². The first-order valence-corrected chi connectivity index (χ1v) is 11.6. The van der Waals surface area contributed by atoms with Gasteiger partial charge in [-0.15, -0.1) is 0 Å². The number of aromatic nitrogens is 3. The average molecular weight is 469 g/mol. The van der Waals surface area contributed by atoms with E-state index in [2.05, 4.69) is 10.2 Å². The Morgan fingerprint density at radius 2 is 1.76 bits per heavy atom. The Morgan fingerprint density at radius 1 is 1.06 bits per heavy atom. The molecule has 0 saturated heterocycles. The smallest absolute Gasteiger partial charge is 0.288 e. The lowest BCUT2D eigenvalue weighted by Crippen LogP contribution is -2.14. The zero-order valence-electron chi connectivity index (χ0n) is 18.5. The third-order valence-electron chi connectivity index (χ3n) is 5.54. The number of methoxy groups -OCH3 is 2. The average Bonchev–Trinajstić information content (AvgIpc) is 3.10. The summed E-state index contributed by atoms with van der Waals surface area (Å²) >= 11 is 0. The highest BCUT2D eigenvalue weighted by molar-refractivity contribution is 7.92. The molecule has 33 heavy (non-hydrogen) atoms. The van der Waals surface area contributed by atoms with Crippen molar-refractivity contribution < 1.29 is 17.9 Å². The zero-order valence-corrected chi connectivity index (χ0v) is 19.3. The lowest BCUT2D eigenvalue weighted by Gasteiger charge is -2.11. The summed E-state index contributed by atoms with van der Waals surface area (Å²) in [6.07, 6.45) is 1.79. The molecule has 9 nitrogen and oxygen atoms in total. The molecule has 0 fully saturated rings. The first-order chi connectivity index (χ1) is 15.8. The molecule has 3 N–H and O–H groups in total. The van der Waals surface area contributed by atoms with E-state index in [4.69, 9.17) is 15.2 Å². The van der Waals surface area contributed by atoms with E-state index >= 15 is 0 Å². The monoisotopic (exact) mass is 468 g/mol. The molecule has 4 rings (SSSR count). The Hall–Kier alpha value is -3.79. The Labute approximate surface area is 190 Å². The number of ether oxygens (including phenoxy) is 2. The van der Waals surface area contributed by atoms with Gasteiger partial charge in [0.1, 0.15) is 16.2 Å². The van der Waals surface area contributed by atoms with Crippen molar-refractivity contribution >= 4 is 26.6 Å². The molecule has 0 aliphatic rings. The maximum absolute atomic E-state index is 13.5. The van der Waals surface area contributed by atoms with Gasteiger partial charge in [-0.25, -0.2) is 13.5 Å². The van der Waals surface area contributed by atoms with Crippen molar-refractivity contribution in [2.75, 3.05) is 20.0 Å². The van der Waals surface area contributed by atoms with Crippen molar-refractivity contribution in [3.05, 3.63) is 70.1 Å². The Bertz CT molecular complexity index is 1490. The number of anilines is 1. The number of nitrogens with two attached hydrogens (primary N) is 1. The first kappa shape index (κ1) is 22.4. The van der Waals surface area contributed by atoms with E-state index in [1.165, 1.54) is 22.9 Å². The molecule has 0 bridgehead atoms. The number of fused-ring (bicyclic) bond motifs is 1. The number of rotatable bonds is 7. The third-order valence-corrected chi connectivity index (χ3v) is 7.40. The number of benzene rings is 2. The predicted molar refractivity (Wildman–Crippen MR) is 125 cm³/mol. The largest absolute Gasteiger partial charge is 0.493 e. The molecule has 0 aliphatic carbocycles. The Balaban J connectivity index is 1.81. The van der Waals surface area contributed by atoms with E-state index in [0.717, 1.165) is 11.1 Å². The van der Waals surface area contributed by atoms with Gasteiger partial charge in [0.25, 0.3) is 5.56 Å². The van der Waals surface area contributed by atoms with Crippen LogP contribution in [0.15, 0.2) is 63.2 Å². The van der Waals surface area contributed by atoms with Crippen molar-refractivity contribution in [1.82, 2.24) is 14.8 Å². The molecule has 0 radical (unpaired) electrons. The van der Waals surface area contributed by atoms with Gasteiger partial charge in [0, 0.05) is 11.9 Å². The second kappa shape index (κ2) is 8.62. The normalized spacial score (nSPS) is 11.6. The van der Waals surface area contributed by atoms with Crippen LogP contribution < -0.4 is 20.8 Å². The van der Waals surface area contributed by atoms with Crippen LogP contribution in [0.1, 0.15) is 11.1 Å². The second-order valence-electron chi connectivity index (χ2n) is 7.58. The van der Waals surface area contributed by atoms with Gasteiger partial charge >= 0.3 is 0 Å². The third kappa shape index (κ3) is 3.93. The van der Waals surface area contributed by atoms with E-state index < -0.39 is 15.4 Å². The van der Waals surface area contributed by atoms with Gasteiger partial charge in [0.15, 0.2) is 11.5 Å². The summed E-state index contributed by atoms with van der Waals surface area (Å²) in [5.41, 5.74) is 7.84. The fourth-order valence-electron chi connectivity index (χ4n) is 3.83. The number of hydrogen-bond acceptors (Lipinski definition) is 7. The number of hydrogen-bond donors (Lipinski definition) is 2. The van der Waals surface area contributed by atoms with Crippen molar-refractivity contribution in [2.24, 2.45) is 0 Å². The fourth-order valence-corrected chi connectivity index (χ4v) is 5.39. The predicted octanol–water partition coefficient (Wildman–Crippen LogP) is 2.71. The molecule has 2 aromatic carbocycles. The highest BCUT2D eigenvalue weighted by atomic mass is 32.2. The van der Waals surface area contributed by atoms with Crippen LogP contribution in [-0.2, 0) is 22.8 Å². The Morgan fingerprint density at radius 3 is 2.42 bits per heavy atom. The van der Waals surface area contributed by atoms with Gasteiger partial charge in [-0.05, 0) is 43.2 Å². The molecular weight excluding hydrogens is 444 g/mol. The van der Waals surface area contributed by atoms with Gasteiger partial charge in [0.2, 0.25) is 9.84 Å². The minimum atomic E-state index is -3.99. The van der Waals surface area contributed by atoms with Crippen LogP contribution in [0.4, 0.5) is 5.82 Å². The number of H-pyrrole nitrogens is 1. The van der Waals surface area contributed by atoms with Crippen molar-refractivity contribution in [3.63, 3.8) is 0 Å². The van der Waals surface area contributed by atoms with Crippen LogP contribution in [0.3, 0.4) is 0 Å². The van der Waals surface area contributed by atoms with E-state index in [9.17, 15) is 13.2 Å². The molecule has 0 aliphatic heterocycles. The van der Waals surface area contributed by atoms with Gasteiger partial charge in [0.05, 0.1) is 25.3 Å². The maximum atomic E-state index is 13.5. The van der Waals surface area contributed by atoms with Crippen molar-refractivity contribution in [2.45, 2.75) is 29.7 Å². The van der Waals surface area contributed by atoms with Crippen LogP contribution in [0.2, 0.25) is 0 Å². The minimum absolute atomic E-state index is 0.00967. The summed E-state index contributed by atoms with van der Waals surface area (Å²) in [6, 6.07) is 12.0. The number of aromatic amines is 1. The van der Waals surface area contributed by atoms with E-state index in [0.29, 0.717) is 17.9 Å². The number of nitrogens with one attached hydrogen (secondary N) is 1. The van der Waals surface area contributed by atoms with E-state index in [1.807, 2.05) is 19.1 Å². The molecule has 2 heterocycles. The van der Waals surface area contributed by atoms with Gasteiger partial charge in [-0.3, -0.25) is 4.79 Å². The summed E-state index contributed by atoms with van der Waals surface area (Å²) in [6.45, 7) is 2.14. The molecule has 10 heteroatoms. The highest BCUT2D eigenvalue weighted by Crippen LogP contribution is 2.35. The van der Waals surface area contributed by atoms with Gasteiger partial charge in [-0.2, -0.15) is 5.10 Å².